The number of benzene rings is 1. The Morgan fingerprint density at radius 3 is 3.04 bits per heavy atom. The normalized spacial score (nSPS) is 17.8. The molecule has 2 aromatic heterocycles. The lowest BCUT2D eigenvalue weighted by molar-refractivity contribution is 0.0942. The highest BCUT2D eigenvalue weighted by molar-refractivity contribution is 5.93. The van der Waals surface area contributed by atoms with Crippen molar-refractivity contribution in [3.05, 3.63) is 47.5 Å². The molecule has 1 unspecified atom stereocenters. The topological polar surface area (TPSA) is 99.1 Å². The van der Waals surface area contributed by atoms with E-state index >= 15 is 0 Å². The number of likely N-dealkylation sites (tertiary alicyclic amines) is 1. The number of hydrogen-bond donors (Lipinski definition) is 3. The van der Waals surface area contributed by atoms with Crippen LogP contribution in [-0.4, -0.2) is 54.9 Å². The number of aliphatic hydroxyl groups is 1. The molecule has 3 heterocycles. The highest BCUT2D eigenvalue weighted by Crippen LogP contribution is 2.16. The Hall–Kier alpha value is -2.71. The van der Waals surface area contributed by atoms with Crippen molar-refractivity contribution < 1.29 is 9.90 Å². The first-order valence-corrected chi connectivity index (χ1v) is 8.73. The fraction of sp³-hybridized carbons (Fsp3) is 0.389. The summed E-state index contributed by atoms with van der Waals surface area (Å²) in [5, 5.41) is 16.9. The standard InChI is InChI=1S/C18H22N6O2/c1-23-9-12(10-24-7-6-13(25)11-24)17(22-23)18(26)19-8-16-20-14-4-2-3-5-15(14)21-16/h2-5,9,13,25H,6-8,10-11H2,1H3,(H,19,26)(H,20,21). The minimum atomic E-state index is -0.281. The van der Waals surface area contributed by atoms with Crippen LogP contribution < -0.4 is 5.32 Å². The molecule has 3 N–H and O–H groups in total. The van der Waals surface area contributed by atoms with Crippen LogP contribution in [0.25, 0.3) is 11.0 Å². The lowest BCUT2D eigenvalue weighted by atomic mass is 10.2. The maximum absolute atomic E-state index is 12.6. The Bertz CT molecular complexity index is 898. The van der Waals surface area contributed by atoms with Gasteiger partial charge in [0, 0.05) is 38.4 Å². The average molecular weight is 354 g/mol. The number of rotatable bonds is 5. The number of aromatic amines is 1. The van der Waals surface area contributed by atoms with E-state index in [1.807, 2.05) is 30.5 Å². The van der Waals surface area contributed by atoms with E-state index in [0.717, 1.165) is 29.6 Å². The number of para-hydroxylation sites is 2. The number of hydrogen-bond acceptors (Lipinski definition) is 5. The first-order valence-electron chi connectivity index (χ1n) is 8.73. The maximum atomic E-state index is 12.6. The molecule has 1 amide bonds. The molecule has 1 aliphatic heterocycles. The third kappa shape index (κ3) is 3.47. The van der Waals surface area contributed by atoms with Crippen molar-refractivity contribution in [2.45, 2.75) is 25.6 Å². The third-order valence-electron chi connectivity index (χ3n) is 4.62. The Morgan fingerprint density at radius 1 is 1.42 bits per heavy atom. The second-order valence-electron chi connectivity index (χ2n) is 6.74. The summed E-state index contributed by atoms with van der Waals surface area (Å²) in [6.07, 6.45) is 2.35. The smallest absolute Gasteiger partial charge is 0.272 e. The molecule has 26 heavy (non-hydrogen) atoms. The molecule has 1 saturated heterocycles. The van der Waals surface area contributed by atoms with Crippen LogP contribution in [0.2, 0.25) is 0 Å². The van der Waals surface area contributed by atoms with Crippen molar-refractivity contribution in [1.29, 1.82) is 0 Å². The lowest BCUT2D eigenvalue weighted by Crippen LogP contribution is -2.27. The largest absolute Gasteiger partial charge is 0.392 e. The van der Waals surface area contributed by atoms with Crippen LogP contribution in [0.5, 0.6) is 0 Å². The average Bonchev–Trinajstić information content (AvgIpc) is 3.31. The molecule has 0 saturated carbocycles. The lowest BCUT2D eigenvalue weighted by Gasteiger charge is -2.14. The number of nitrogens with zero attached hydrogens (tertiary/aromatic N) is 4. The molecule has 1 fully saturated rings. The number of fused-ring (bicyclic) bond motifs is 1. The van der Waals surface area contributed by atoms with Crippen LogP contribution >= 0.6 is 0 Å². The summed E-state index contributed by atoms with van der Waals surface area (Å²) in [5.41, 5.74) is 3.11. The zero-order chi connectivity index (χ0) is 18.1. The van der Waals surface area contributed by atoms with Crippen LogP contribution in [0.15, 0.2) is 30.5 Å². The number of carbonyl (C=O) groups excluding carboxylic acids is 1. The molecule has 1 aliphatic rings. The van der Waals surface area contributed by atoms with Gasteiger partial charge in [-0.3, -0.25) is 14.4 Å². The number of H-pyrrole nitrogens is 1. The van der Waals surface area contributed by atoms with Gasteiger partial charge in [0.25, 0.3) is 5.91 Å². The van der Waals surface area contributed by atoms with Gasteiger partial charge in [0.1, 0.15) is 5.82 Å². The molecule has 4 rings (SSSR count). The minimum Gasteiger partial charge on any atom is -0.392 e. The van der Waals surface area contributed by atoms with Crippen molar-refractivity contribution in [3.63, 3.8) is 0 Å². The van der Waals surface area contributed by atoms with Crippen molar-refractivity contribution >= 4 is 16.9 Å². The molecule has 8 heteroatoms. The molecule has 3 aromatic rings. The Kier molecular flexibility index (Phi) is 4.44. The predicted octanol–water partition coefficient (Wildman–Crippen LogP) is 0.793. The molecule has 0 bridgehead atoms. The molecule has 136 valence electrons. The van der Waals surface area contributed by atoms with E-state index in [9.17, 15) is 9.90 Å². The quantitative estimate of drug-likeness (QED) is 0.629. The monoisotopic (exact) mass is 354 g/mol. The highest BCUT2D eigenvalue weighted by Gasteiger charge is 2.24. The predicted molar refractivity (Wildman–Crippen MR) is 96.4 cm³/mol. The first-order chi connectivity index (χ1) is 12.6. The summed E-state index contributed by atoms with van der Waals surface area (Å²) in [6, 6.07) is 7.76. The van der Waals surface area contributed by atoms with Crippen molar-refractivity contribution in [3.8, 4) is 0 Å². The summed E-state index contributed by atoms with van der Waals surface area (Å²) in [5.74, 6) is 0.487. The number of β-amino-alcohol motifs (C(OH)–C–C–N with tert-alkyl or cyclic N) is 1. The van der Waals surface area contributed by atoms with Crippen LogP contribution in [0, 0.1) is 0 Å². The van der Waals surface area contributed by atoms with E-state index in [-0.39, 0.29) is 12.0 Å². The van der Waals surface area contributed by atoms with Gasteiger partial charge in [-0.05, 0) is 18.6 Å². The number of aryl methyl sites for hydroxylation is 1. The van der Waals surface area contributed by atoms with Crippen molar-refractivity contribution in [2.75, 3.05) is 13.1 Å². The van der Waals surface area contributed by atoms with Gasteiger partial charge in [0.15, 0.2) is 5.69 Å². The van der Waals surface area contributed by atoms with Gasteiger partial charge in [-0.1, -0.05) is 12.1 Å². The third-order valence-corrected chi connectivity index (χ3v) is 4.62. The number of carbonyl (C=O) groups is 1. The Labute approximate surface area is 150 Å². The van der Waals surface area contributed by atoms with Gasteiger partial charge in [-0.25, -0.2) is 4.98 Å². The first kappa shape index (κ1) is 16.7. The highest BCUT2D eigenvalue weighted by atomic mass is 16.3. The molecular weight excluding hydrogens is 332 g/mol. The molecule has 1 aromatic carbocycles. The number of aromatic nitrogens is 4. The minimum absolute atomic E-state index is 0.221. The van der Waals surface area contributed by atoms with Crippen molar-refractivity contribution in [2.24, 2.45) is 7.05 Å². The molecule has 0 aliphatic carbocycles. The summed E-state index contributed by atoms with van der Waals surface area (Å²) in [6.45, 7) is 2.38. The fourth-order valence-electron chi connectivity index (χ4n) is 3.38. The molecule has 8 nitrogen and oxygen atoms in total. The van der Waals surface area contributed by atoms with Gasteiger partial charge in [-0.2, -0.15) is 5.10 Å². The summed E-state index contributed by atoms with van der Waals surface area (Å²) in [4.78, 5) is 22.4. The number of aliphatic hydroxyl groups excluding tert-OH is 1. The van der Waals surface area contributed by atoms with Gasteiger partial charge in [-0.15, -0.1) is 0 Å². The maximum Gasteiger partial charge on any atom is 0.272 e. The number of amides is 1. The van der Waals surface area contributed by atoms with Gasteiger partial charge >= 0.3 is 0 Å². The number of imidazole rings is 1. The van der Waals surface area contributed by atoms with Crippen LogP contribution in [0.3, 0.4) is 0 Å². The van der Waals surface area contributed by atoms with Gasteiger partial charge in [0.2, 0.25) is 0 Å². The zero-order valence-corrected chi connectivity index (χ0v) is 14.6. The van der Waals surface area contributed by atoms with E-state index < -0.39 is 0 Å². The second kappa shape index (κ2) is 6.89. The van der Waals surface area contributed by atoms with E-state index in [1.165, 1.54) is 0 Å². The van der Waals surface area contributed by atoms with Crippen LogP contribution in [0.1, 0.15) is 28.3 Å². The van der Waals surface area contributed by atoms with E-state index in [4.69, 9.17) is 0 Å². The molecule has 0 radical (unpaired) electrons. The Balaban J connectivity index is 1.44. The fourth-order valence-corrected chi connectivity index (χ4v) is 3.38. The molecule has 0 spiro atoms. The Morgan fingerprint density at radius 2 is 2.27 bits per heavy atom. The summed E-state index contributed by atoms with van der Waals surface area (Å²) in [7, 11) is 1.80. The molecular formula is C18H22N6O2. The van der Waals surface area contributed by atoms with Gasteiger partial charge < -0.3 is 15.4 Å². The van der Waals surface area contributed by atoms with Crippen molar-refractivity contribution in [1.82, 2.24) is 30.0 Å². The van der Waals surface area contributed by atoms with Gasteiger partial charge in [0.05, 0.1) is 23.7 Å². The summed E-state index contributed by atoms with van der Waals surface area (Å²) >= 11 is 0. The zero-order valence-electron chi connectivity index (χ0n) is 14.6. The SMILES string of the molecule is Cn1cc(CN2CCC(O)C2)c(C(=O)NCc2nc3ccccc3[nH]2)n1. The van der Waals surface area contributed by atoms with E-state index in [2.05, 4.69) is 25.3 Å². The second-order valence-corrected chi connectivity index (χ2v) is 6.74. The molecule has 1 atom stereocenters. The van der Waals surface area contributed by atoms with Crippen LogP contribution in [-0.2, 0) is 20.1 Å². The number of nitrogens with one attached hydrogen (secondary N) is 2. The summed E-state index contributed by atoms with van der Waals surface area (Å²) < 4.78 is 1.65. The van der Waals surface area contributed by atoms with Crippen LogP contribution in [0.4, 0.5) is 0 Å². The van der Waals surface area contributed by atoms with E-state index in [1.54, 1.807) is 11.7 Å². The van der Waals surface area contributed by atoms with E-state index in [0.29, 0.717) is 31.2 Å².